The molecule has 4 N–H and O–H groups in total. The minimum atomic E-state index is -0.309. The van der Waals surface area contributed by atoms with E-state index in [-0.39, 0.29) is 6.03 Å². The number of urea groups is 1. The van der Waals surface area contributed by atoms with E-state index in [1.807, 2.05) is 0 Å². The van der Waals surface area contributed by atoms with E-state index < -0.39 is 0 Å². The van der Waals surface area contributed by atoms with Gasteiger partial charge in [-0.15, -0.1) is 0 Å². The predicted molar refractivity (Wildman–Crippen MR) is 68.7 cm³/mol. The van der Waals surface area contributed by atoms with Crippen molar-refractivity contribution < 1.29 is 9.53 Å². The number of fused-ring (bicyclic) bond motifs is 1. The van der Waals surface area contributed by atoms with Gasteiger partial charge in [-0.1, -0.05) is 11.3 Å². The van der Waals surface area contributed by atoms with Crippen molar-refractivity contribution in [1.29, 1.82) is 0 Å². The molecule has 0 aliphatic rings. The fourth-order valence-electron chi connectivity index (χ4n) is 1.39. The fraction of sp³-hybridized carbons (Fsp3) is 0.200. The lowest BCUT2D eigenvalue weighted by Crippen LogP contribution is -2.24. The van der Waals surface area contributed by atoms with Crippen molar-refractivity contribution in [1.82, 2.24) is 10.3 Å². The Hall–Kier alpha value is -2.02. The summed E-state index contributed by atoms with van der Waals surface area (Å²) in [5.41, 5.74) is 7.03. The summed E-state index contributed by atoms with van der Waals surface area (Å²) >= 11 is 1.34. The van der Waals surface area contributed by atoms with Crippen LogP contribution in [0.15, 0.2) is 12.1 Å². The number of hydrogen-bond donors (Lipinski definition) is 3. The number of anilines is 2. The Balaban J connectivity index is 2.45. The van der Waals surface area contributed by atoms with E-state index in [1.54, 1.807) is 26.3 Å². The number of benzene rings is 1. The summed E-state index contributed by atoms with van der Waals surface area (Å²) in [6, 6.07) is 3.19. The van der Waals surface area contributed by atoms with Crippen LogP contribution in [0.25, 0.3) is 10.2 Å². The molecular weight excluding hydrogens is 240 g/mol. The Morgan fingerprint density at radius 1 is 1.53 bits per heavy atom. The highest BCUT2D eigenvalue weighted by molar-refractivity contribution is 7.22. The van der Waals surface area contributed by atoms with Gasteiger partial charge in [-0.2, -0.15) is 0 Å². The van der Waals surface area contributed by atoms with Crippen molar-refractivity contribution in [3.63, 3.8) is 0 Å². The minimum absolute atomic E-state index is 0.309. The van der Waals surface area contributed by atoms with Crippen LogP contribution in [0.5, 0.6) is 5.75 Å². The number of nitrogen functional groups attached to an aromatic ring is 1. The first-order valence-corrected chi connectivity index (χ1v) is 5.68. The average Bonchev–Trinajstić information content (AvgIpc) is 2.69. The molecule has 0 bridgehead atoms. The van der Waals surface area contributed by atoms with Crippen LogP contribution in [-0.2, 0) is 0 Å². The van der Waals surface area contributed by atoms with E-state index in [1.165, 1.54) is 11.3 Å². The van der Waals surface area contributed by atoms with Crippen LogP contribution in [0.1, 0.15) is 0 Å². The molecule has 0 atom stereocenters. The first-order chi connectivity index (χ1) is 8.13. The van der Waals surface area contributed by atoms with Gasteiger partial charge in [-0.25, -0.2) is 9.78 Å². The van der Waals surface area contributed by atoms with E-state index in [4.69, 9.17) is 10.5 Å². The van der Waals surface area contributed by atoms with Gasteiger partial charge >= 0.3 is 6.03 Å². The van der Waals surface area contributed by atoms with Crippen molar-refractivity contribution in [2.75, 3.05) is 25.2 Å². The summed E-state index contributed by atoms with van der Waals surface area (Å²) in [6.45, 7) is 0. The molecule has 17 heavy (non-hydrogen) atoms. The maximum absolute atomic E-state index is 11.2. The molecule has 2 rings (SSSR count). The van der Waals surface area contributed by atoms with Crippen molar-refractivity contribution in [3.05, 3.63) is 12.1 Å². The standard InChI is InChI=1S/C10H12N4O2S/c1-12-9(15)14-10-13-8-6(16-2)3-5(11)4-7(8)17-10/h3-4H,11H2,1-2H3,(H2,12,13,14,15). The Bertz CT molecular complexity index is 567. The molecule has 0 aliphatic carbocycles. The van der Waals surface area contributed by atoms with E-state index in [0.717, 1.165) is 4.70 Å². The Morgan fingerprint density at radius 2 is 2.29 bits per heavy atom. The average molecular weight is 252 g/mol. The number of carbonyl (C=O) groups excluding carboxylic acids is 1. The third-order valence-electron chi connectivity index (χ3n) is 2.15. The molecule has 0 fully saturated rings. The lowest BCUT2D eigenvalue weighted by atomic mass is 10.3. The summed E-state index contributed by atoms with van der Waals surface area (Å²) < 4.78 is 6.06. The second kappa shape index (κ2) is 4.46. The minimum Gasteiger partial charge on any atom is -0.494 e. The zero-order valence-corrected chi connectivity index (χ0v) is 10.2. The zero-order chi connectivity index (χ0) is 12.4. The van der Waals surface area contributed by atoms with Gasteiger partial charge in [0, 0.05) is 18.8 Å². The largest absolute Gasteiger partial charge is 0.494 e. The van der Waals surface area contributed by atoms with Gasteiger partial charge < -0.3 is 15.8 Å². The predicted octanol–water partition coefficient (Wildman–Crippen LogP) is 1.64. The van der Waals surface area contributed by atoms with Gasteiger partial charge in [0.25, 0.3) is 0 Å². The van der Waals surface area contributed by atoms with Crippen LogP contribution in [0.4, 0.5) is 15.6 Å². The number of amides is 2. The molecule has 1 heterocycles. The molecule has 1 aromatic carbocycles. The van der Waals surface area contributed by atoms with Crippen LogP contribution in [0.2, 0.25) is 0 Å². The van der Waals surface area contributed by atoms with Crippen LogP contribution in [0.3, 0.4) is 0 Å². The normalized spacial score (nSPS) is 10.2. The fourth-order valence-corrected chi connectivity index (χ4v) is 2.31. The van der Waals surface area contributed by atoms with Crippen LogP contribution < -0.4 is 21.1 Å². The van der Waals surface area contributed by atoms with Gasteiger partial charge in [0.2, 0.25) is 0 Å². The topological polar surface area (TPSA) is 89.3 Å². The number of aromatic nitrogens is 1. The molecular formula is C10H12N4O2S. The van der Waals surface area contributed by atoms with Crippen molar-refractivity contribution in [2.24, 2.45) is 0 Å². The summed E-state index contributed by atoms with van der Waals surface area (Å²) in [6.07, 6.45) is 0. The maximum Gasteiger partial charge on any atom is 0.320 e. The Labute approximate surface area is 102 Å². The van der Waals surface area contributed by atoms with Crippen molar-refractivity contribution in [3.8, 4) is 5.75 Å². The number of rotatable bonds is 2. The van der Waals surface area contributed by atoms with Crippen molar-refractivity contribution >= 4 is 38.4 Å². The zero-order valence-electron chi connectivity index (χ0n) is 9.40. The number of nitrogens with zero attached hydrogens (tertiary/aromatic N) is 1. The Morgan fingerprint density at radius 3 is 2.94 bits per heavy atom. The summed E-state index contributed by atoms with van der Waals surface area (Å²) in [5.74, 6) is 0.598. The highest BCUT2D eigenvalue weighted by Crippen LogP contribution is 2.34. The van der Waals surface area contributed by atoms with E-state index >= 15 is 0 Å². The molecule has 0 saturated heterocycles. The Kier molecular flexibility index (Phi) is 3.01. The highest BCUT2D eigenvalue weighted by Gasteiger charge is 2.11. The summed E-state index contributed by atoms with van der Waals surface area (Å²) in [7, 11) is 3.10. The van der Waals surface area contributed by atoms with Crippen LogP contribution >= 0.6 is 11.3 Å². The molecule has 6 nitrogen and oxygen atoms in total. The number of methoxy groups -OCH3 is 1. The number of hydrogen-bond acceptors (Lipinski definition) is 5. The lowest BCUT2D eigenvalue weighted by molar-refractivity contribution is 0.254. The quantitative estimate of drug-likeness (QED) is 0.709. The second-order valence-corrected chi connectivity index (χ2v) is 4.32. The highest BCUT2D eigenvalue weighted by atomic mass is 32.1. The van der Waals surface area contributed by atoms with Crippen molar-refractivity contribution in [2.45, 2.75) is 0 Å². The second-order valence-electron chi connectivity index (χ2n) is 3.29. The smallest absolute Gasteiger partial charge is 0.320 e. The molecule has 2 amide bonds. The summed E-state index contributed by atoms with van der Waals surface area (Å²) in [4.78, 5) is 15.4. The molecule has 0 unspecified atom stereocenters. The molecule has 0 spiro atoms. The maximum atomic E-state index is 11.2. The van der Waals surface area contributed by atoms with Gasteiger partial charge in [0.05, 0.1) is 11.8 Å². The summed E-state index contributed by atoms with van der Waals surface area (Å²) in [5, 5.41) is 5.57. The molecule has 1 aromatic heterocycles. The monoisotopic (exact) mass is 252 g/mol. The van der Waals surface area contributed by atoms with Gasteiger partial charge in [-0.3, -0.25) is 5.32 Å². The molecule has 90 valence electrons. The number of thiazole rings is 1. The third kappa shape index (κ3) is 2.23. The van der Waals surface area contributed by atoms with Crippen LogP contribution in [0, 0.1) is 0 Å². The van der Waals surface area contributed by atoms with E-state index in [0.29, 0.717) is 22.1 Å². The third-order valence-corrected chi connectivity index (χ3v) is 3.07. The number of carbonyl (C=O) groups is 1. The van der Waals surface area contributed by atoms with E-state index in [2.05, 4.69) is 15.6 Å². The van der Waals surface area contributed by atoms with Crippen LogP contribution in [-0.4, -0.2) is 25.2 Å². The molecule has 0 aliphatic heterocycles. The molecule has 7 heteroatoms. The van der Waals surface area contributed by atoms with E-state index in [9.17, 15) is 4.79 Å². The number of nitrogens with one attached hydrogen (secondary N) is 2. The number of nitrogens with two attached hydrogens (primary N) is 1. The SMILES string of the molecule is CNC(=O)Nc1nc2c(OC)cc(N)cc2s1. The molecule has 2 aromatic rings. The molecule has 0 saturated carbocycles. The van der Waals surface area contributed by atoms with Gasteiger partial charge in [0.1, 0.15) is 11.3 Å². The van der Waals surface area contributed by atoms with Gasteiger partial charge in [0.15, 0.2) is 5.13 Å². The lowest BCUT2D eigenvalue weighted by Gasteiger charge is -2.01. The first-order valence-electron chi connectivity index (χ1n) is 4.87. The number of ether oxygens (including phenoxy) is 1. The first kappa shape index (κ1) is 11.5. The molecule has 0 radical (unpaired) electrons. The van der Waals surface area contributed by atoms with Gasteiger partial charge in [-0.05, 0) is 6.07 Å².